The molecule has 1 aromatic carbocycles. The van der Waals surface area contributed by atoms with Gasteiger partial charge in [0.15, 0.2) is 12.4 Å². The Hall–Kier alpha value is -0.412. The van der Waals surface area contributed by atoms with E-state index in [-0.39, 0.29) is 102 Å². The van der Waals surface area contributed by atoms with Crippen LogP contribution in [0.3, 0.4) is 0 Å². The van der Waals surface area contributed by atoms with Crippen molar-refractivity contribution in [2.24, 2.45) is 10.9 Å². The minimum atomic E-state index is -4.81. The molecule has 0 fully saturated rings. The van der Waals surface area contributed by atoms with E-state index in [2.05, 4.69) is 10.6 Å². The number of carbonyl (C=O) groups excluding carboxylic acids is 1. The Balaban J connectivity index is 0.00000162. The van der Waals surface area contributed by atoms with Gasteiger partial charge in [-0.3, -0.25) is 14.3 Å². The van der Waals surface area contributed by atoms with Crippen molar-refractivity contribution in [3.63, 3.8) is 0 Å². The summed E-state index contributed by atoms with van der Waals surface area (Å²) in [6.45, 7) is 1.08. The van der Waals surface area contributed by atoms with Gasteiger partial charge in [0.2, 0.25) is 0 Å². The fraction of sp³-hybridized carbons (Fsp3) is 0.381. The molecule has 2 aromatic rings. The van der Waals surface area contributed by atoms with Crippen molar-refractivity contribution in [3.05, 3.63) is 68.1 Å². The van der Waals surface area contributed by atoms with Gasteiger partial charge < -0.3 is 23.8 Å². The molecule has 2 unspecified atom stereocenters. The topological polar surface area (TPSA) is 137 Å². The van der Waals surface area contributed by atoms with E-state index in [1.807, 2.05) is 24.3 Å². The maximum absolute atomic E-state index is 13.4. The number of phosphoric acid groups is 1. The number of rotatable bonds is 5. The van der Waals surface area contributed by atoms with Gasteiger partial charge in [-0.25, -0.2) is 9.36 Å². The van der Waals surface area contributed by atoms with Gasteiger partial charge >= 0.3 is 13.8 Å². The Morgan fingerprint density at radius 3 is 2.71 bits per heavy atom. The number of ether oxygens (including phenoxy) is 2. The van der Waals surface area contributed by atoms with E-state index in [1.54, 1.807) is 17.6 Å². The Labute approximate surface area is 244 Å². The molecule has 3 atom stereocenters. The second-order valence-electron chi connectivity index (χ2n) is 7.98. The number of esters is 1. The van der Waals surface area contributed by atoms with Crippen LogP contribution in [0.4, 0.5) is 0 Å². The summed E-state index contributed by atoms with van der Waals surface area (Å²) in [4.78, 5) is 48.9. The molecular formula is C21H21N2O8PY2. The van der Waals surface area contributed by atoms with E-state index in [4.69, 9.17) is 24.3 Å². The molecule has 1 aromatic heterocycles. The molecule has 0 saturated heterocycles. The Morgan fingerprint density at radius 1 is 1.26 bits per heavy atom. The molecule has 0 amide bonds. The normalized spacial score (nSPS) is 24.0. The summed E-state index contributed by atoms with van der Waals surface area (Å²) in [7, 11) is -4.81. The number of pyridine rings is 1. The number of benzene rings is 1. The summed E-state index contributed by atoms with van der Waals surface area (Å²) < 4.78 is 27.9. The SMILES string of the molecule is CC[C@@]1(OCOP(=O)(O)O)C(=O)OCc2c1cc1n(c2=O)CC2C=c3ccccc3=NC12.[Y].[Y]. The summed E-state index contributed by atoms with van der Waals surface area (Å²) >= 11 is 0. The molecule has 3 aliphatic rings. The standard InChI is InChI=1S/C21H21N2O8P.2Y/c1-2-21(30-11-31-32(26,27)28)15-8-17-18-13(7-12-5-3-4-6-16(12)22-18)9-23(17)19(24)14(15)10-29-20(21)25;;/h3-8,13,18H,2,9-11H2,1H3,(H2,26,27,28);;/t13?,18?,21-;;/m0../s1. The molecule has 10 nitrogen and oxygen atoms in total. The molecule has 3 aliphatic heterocycles. The fourth-order valence-corrected chi connectivity index (χ4v) is 4.93. The first kappa shape index (κ1) is 28.2. The predicted molar refractivity (Wildman–Crippen MR) is 109 cm³/mol. The zero-order valence-electron chi connectivity index (χ0n) is 18.3. The summed E-state index contributed by atoms with van der Waals surface area (Å²) in [6.07, 6.45) is 2.18. The Bertz CT molecular complexity index is 1360. The number of hydrogen-bond donors (Lipinski definition) is 2. The van der Waals surface area contributed by atoms with E-state index >= 15 is 0 Å². The molecule has 4 heterocycles. The molecule has 0 spiro atoms. The molecule has 0 aliphatic carbocycles. The molecule has 0 bridgehead atoms. The predicted octanol–water partition coefficient (Wildman–Crippen LogP) is 0.374. The van der Waals surface area contributed by atoms with Crippen LogP contribution in [-0.2, 0) is 108 Å². The Morgan fingerprint density at radius 2 is 2.00 bits per heavy atom. The number of fused-ring (bicyclic) bond motifs is 5. The van der Waals surface area contributed by atoms with Crippen LogP contribution in [0.25, 0.3) is 6.08 Å². The minimum Gasteiger partial charge on any atom is -0.458 e. The number of phosphoric ester groups is 1. The molecule has 174 valence electrons. The first-order chi connectivity index (χ1) is 15.2. The second-order valence-corrected chi connectivity index (χ2v) is 9.22. The van der Waals surface area contributed by atoms with Crippen LogP contribution >= 0.6 is 7.82 Å². The average molecular weight is 638 g/mol. The Kier molecular flexibility index (Phi) is 8.72. The van der Waals surface area contributed by atoms with Gasteiger partial charge in [-0.2, -0.15) is 0 Å². The van der Waals surface area contributed by atoms with Gasteiger partial charge in [-0.15, -0.1) is 0 Å². The smallest absolute Gasteiger partial charge is 0.458 e. The average Bonchev–Trinajstić information content (AvgIpc) is 3.11. The van der Waals surface area contributed by atoms with E-state index in [0.29, 0.717) is 17.8 Å². The number of aromatic nitrogens is 1. The quantitative estimate of drug-likeness (QED) is 0.273. The number of cyclic esters (lactones) is 1. The number of nitrogens with zero attached hydrogens (tertiary/aromatic N) is 2. The number of para-hydroxylation sites is 1. The monoisotopic (exact) mass is 638 g/mol. The summed E-state index contributed by atoms with van der Waals surface area (Å²) in [5, 5.41) is 1.85. The van der Waals surface area contributed by atoms with Crippen molar-refractivity contribution in [2.45, 2.75) is 38.1 Å². The summed E-state index contributed by atoms with van der Waals surface area (Å²) in [5.74, 6) is -0.744. The van der Waals surface area contributed by atoms with Crippen molar-refractivity contribution in [1.29, 1.82) is 0 Å². The van der Waals surface area contributed by atoms with Crippen LogP contribution in [0.15, 0.2) is 40.1 Å². The van der Waals surface area contributed by atoms with Gasteiger partial charge in [-0.1, -0.05) is 31.2 Å². The minimum absolute atomic E-state index is 0. The third-order valence-corrected chi connectivity index (χ3v) is 6.72. The van der Waals surface area contributed by atoms with Crippen LogP contribution in [0.5, 0.6) is 0 Å². The van der Waals surface area contributed by atoms with Crippen LogP contribution < -0.4 is 16.1 Å². The molecule has 2 radical (unpaired) electrons. The van der Waals surface area contributed by atoms with Crippen molar-refractivity contribution in [3.8, 4) is 0 Å². The zero-order valence-corrected chi connectivity index (χ0v) is 24.9. The van der Waals surface area contributed by atoms with E-state index in [1.165, 1.54) is 0 Å². The van der Waals surface area contributed by atoms with Crippen molar-refractivity contribution >= 4 is 19.9 Å². The second kappa shape index (κ2) is 10.5. The van der Waals surface area contributed by atoms with E-state index in [0.717, 1.165) is 10.6 Å². The van der Waals surface area contributed by atoms with Gasteiger partial charge in [0.1, 0.15) is 6.61 Å². The molecule has 2 N–H and O–H groups in total. The van der Waals surface area contributed by atoms with Crippen molar-refractivity contribution < 1.29 is 98.6 Å². The number of carbonyl (C=O) groups is 1. The van der Waals surface area contributed by atoms with Crippen molar-refractivity contribution in [1.82, 2.24) is 4.57 Å². The number of hydrogen-bond acceptors (Lipinski definition) is 7. The third kappa shape index (κ3) is 4.79. The summed E-state index contributed by atoms with van der Waals surface area (Å²) in [5.41, 5.74) is -0.730. The van der Waals surface area contributed by atoms with E-state index in [9.17, 15) is 14.2 Å². The third-order valence-electron chi connectivity index (χ3n) is 6.28. The van der Waals surface area contributed by atoms with Gasteiger partial charge in [0.25, 0.3) is 5.56 Å². The van der Waals surface area contributed by atoms with Gasteiger partial charge in [0.05, 0.1) is 17.0 Å². The van der Waals surface area contributed by atoms with E-state index < -0.39 is 26.2 Å². The van der Waals surface area contributed by atoms with Gasteiger partial charge in [0, 0.05) is 89.1 Å². The molecule has 34 heavy (non-hydrogen) atoms. The van der Waals surface area contributed by atoms with Gasteiger partial charge in [-0.05, 0) is 23.8 Å². The van der Waals surface area contributed by atoms with Crippen LogP contribution in [0.2, 0.25) is 0 Å². The molecular weight excluding hydrogens is 617 g/mol. The first-order valence-electron chi connectivity index (χ1n) is 10.2. The van der Waals surface area contributed by atoms with Crippen LogP contribution in [0, 0.1) is 5.92 Å². The summed E-state index contributed by atoms with van der Waals surface area (Å²) in [6, 6.07) is 9.19. The zero-order chi connectivity index (χ0) is 22.7. The molecule has 5 rings (SSSR count). The largest absolute Gasteiger partial charge is 0.471 e. The van der Waals surface area contributed by atoms with Crippen molar-refractivity contribution in [2.75, 3.05) is 6.79 Å². The maximum Gasteiger partial charge on any atom is 0.471 e. The maximum atomic E-state index is 13.4. The van der Waals surface area contributed by atoms with Crippen LogP contribution in [-0.4, -0.2) is 27.1 Å². The molecule has 13 heteroatoms. The van der Waals surface area contributed by atoms with Crippen LogP contribution in [0.1, 0.15) is 36.2 Å². The molecule has 0 saturated carbocycles. The fourth-order valence-electron chi connectivity index (χ4n) is 4.74. The first-order valence-corrected chi connectivity index (χ1v) is 11.7.